The summed E-state index contributed by atoms with van der Waals surface area (Å²) in [7, 11) is 0. The van der Waals surface area contributed by atoms with E-state index in [9.17, 15) is 19.2 Å². The summed E-state index contributed by atoms with van der Waals surface area (Å²) in [5.74, 6) is 5.00. The van der Waals surface area contributed by atoms with Gasteiger partial charge in [0.1, 0.15) is 50.7 Å². The van der Waals surface area contributed by atoms with Gasteiger partial charge in [-0.25, -0.2) is 34.9 Å². The van der Waals surface area contributed by atoms with E-state index in [1.807, 2.05) is 37.3 Å². The second-order valence-corrected chi connectivity index (χ2v) is 33.0. The van der Waals surface area contributed by atoms with Crippen molar-refractivity contribution in [2.75, 3.05) is 55.3 Å². The van der Waals surface area contributed by atoms with Gasteiger partial charge in [0.2, 0.25) is 29.7 Å². The van der Waals surface area contributed by atoms with Gasteiger partial charge >= 0.3 is 0 Å². The third kappa shape index (κ3) is 31.6. The van der Waals surface area contributed by atoms with Crippen LogP contribution in [0.15, 0.2) is 73.4 Å². The van der Waals surface area contributed by atoms with Crippen LogP contribution in [-0.2, 0) is 19.2 Å². The molecule has 0 spiro atoms. The van der Waals surface area contributed by atoms with Gasteiger partial charge in [0.15, 0.2) is 29.1 Å². The van der Waals surface area contributed by atoms with Gasteiger partial charge in [0, 0.05) is 84.4 Å². The van der Waals surface area contributed by atoms with E-state index in [2.05, 4.69) is 178 Å². The van der Waals surface area contributed by atoms with Crippen molar-refractivity contribution >= 4 is 160 Å². The summed E-state index contributed by atoms with van der Waals surface area (Å²) in [5.41, 5.74) is 36.1. The van der Waals surface area contributed by atoms with Crippen LogP contribution in [0.2, 0.25) is 10.0 Å². The van der Waals surface area contributed by atoms with E-state index in [0.717, 1.165) is 151 Å². The zero-order chi connectivity index (χ0) is 86.1. The second-order valence-electron chi connectivity index (χ2n) is 32.1. The first-order valence-corrected chi connectivity index (χ1v) is 42.0. The zero-order valence-electron chi connectivity index (χ0n) is 71.8. The number of fused-ring (bicyclic) bond motifs is 5. The number of carbonyl (C=O) groups is 4. The van der Waals surface area contributed by atoms with Crippen LogP contribution in [0.25, 0.3) is 55.2 Å². The highest BCUT2D eigenvalue weighted by molar-refractivity contribution is 6.31. The summed E-state index contributed by atoms with van der Waals surface area (Å²) in [5, 5.41) is 18.5. The predicted molar refractivity (Wildman–Crippen MR) is 480 cm³/mol. The Hall–Kier alpha value is -10.3. The first-order chi connectivity index (χ1) is 55.5. The Labute approximate surface area is 700 Å². The first kappa shape index (κ1) is 95.6. The predicted octanol–water partition coefficient (Wildman–Crippen LogP) is 19.1. The number of nitrogens with two attached hydrogens (primary N) is 5. The summed E-state index contributed by atoms with van der Waals surface area (Å²) in [6.45, 7) is 32.2. The van der Waals surface area contributed by atoms with Crippen molar-refractivity contribution in [2.45, 2.75) is 305 Å². The van der Waals surface area contributed by atoms with Crippen LogP contribution in [0.1, 0.15) is 276 Å². The lowest BCUT2D eigenvalue weighted by Crippen LogP contribution is -2.36. The Morgan fingerprint density at radius 1 is 0.333 bits per heavy atom. The molecule has 0 bridgehead atoms. The van der Waals surface area contributed by atoms with Crippen LogP contribution in [0.4, 0.5) is 58.8 Å². The highest BCUT2D eigenvalue weighted by Crippen LogP contribution is 2.35. The Morgan fingerprint density at radius 2 is 0.590 bits per heavy atom. The number of hydrogen-bond acceptors (Lipinski definition) is 29. The third-order valence-corrected chi connectivity index (χ3v) is 21.0. The molecule has 0 saturated carbocycles. The molecule has 0 unspecified atom stereocenters. The lowest BCUT2D eigenvalue weighted by molar-refractivity contribution is -0.118. The molecule has 0 aliphatic rings. The molecule has 29 nitrogen and oxygen atoms in total. The van der Waals surface area contributed by atoms with Gasteiger partial charge in [0.25, 0.3) is 0 Å². The lowest BCUT2D eigenvalue weighted by atomic mass is 9.88. The number of unbranched alkanes of at least 4 members (excludes halogenated alkanes) is 7. The Morgan fingerprint density at radius 3 is 0.880 bits per heavy atom. The van der Waals surface area contributed by atoms with Crippen molar-refractivity contribution in [3.05, 3.63) is 89.1 Å². The van der Waals surface area contributed by atoms with E-state index >= 15 is 0 Å². The fourth-order valence-electron chi connectivity index (χ4n) is 13.4. The molecule has 0 aromatic carbocycles. The molecular formula is C86H127Cl2N25O4. The summed E-state index contributed by atoms with van der Waals surface area (Å²) in [6, 6.07) is 12.8. The van der Waals surface area contributed by atoms with E-state index in [-0.39, 0.29) is 80.6 Å². The SMILES string of the molecule is CCCCC[C@](C)(CCC(C)=O)Nc1nc(N)nc2cc(Cl)cnc12.CCCCC[C@](C)(CCC(C)=O)Nc1nc(N)nc2cccnc12.CCCC[C@@](C)(CC)Nc1nc(N)nc2cc(Cl)cnc12.CCCC[C@@](C)(CCC(C)=O)Nc1nc(N)nc2cc(C)cnc12.CCCC[C@@](C)(CCC(C)=O)Nc1nc(N)nc2cccnc12. The number of halogens is 2. The molecule has 0 aliphatic heterocycles. The number of rotatable bonds is 40. The van der Waals surface area contributed by atoms with Crippen molar-refractivity contribution < 1.29 is 19.2 Å². The van der Waals surface area contributed by atoms with E-state index in [1.165, 1.54) is 6.42 Å². The smallest absolute Gasteiger partial charge is 0.222 e. The van der Waals surface area contributed by atoms with Crippen molar-refractivity contribution in [1.82, 2.24) is 74.8 Å². The summed E-state index contributed by atoms with van der Waals surface area (Å²) < 4.78 is 0. The minimum atomic E-state index is -0.268. The number of nitrogen functional groups attached to an aromatic ring is 5. The number of anilines is 10. The van der Waals surface area contributed by atoms with E-state index < -0.39 is 0 Å². The highest BCUT2D eigenvalue weighted by Gasteiger charge is 2.31. The Bertz CT molecular complexity index is 4890. The van der Waals surface area contributed by atoms with E-state index in [0.29, 0.717) is 109 Å². The molecule has 0 aliphatic carbocycles. The number of aryl methyl sites for hydroxylation is 1. The molecular weight excluding hydrogens is 1520 g/mol. The summed E-state index contributed by atoms with van der Waals surface area (Å²) >= 11 is 12.0. The molecule has 10 aromatic rings. The first-order valence-electron chi connectivity index (χ1n) is 41.2. The van der Waals surface area contributed by atoms with Crippen molar-refractivity contribution in [2.24, 2.45) is 0 Å². The summed E-state index contributed by atoms with van der Waals surface area (Å²) in [6.07, 6.45) is 32.9. The molecule has 10 rings (SSSR count). The number of pyridine rings is 5. The molecule has 0 saturated heterocycles. The molecule has 0 radical (unpaired) electrons. The van der Waals surface area contributed by atoms with Crippen LogP contribution in [0.5, 0.6) is 0 Å². The van der Waals surface area contributed by atoms with Gasteiger partial charge in [0.05, 0.1) is 37.6 Å². The lowest BCUT2D eigenvalue weighted by Gasteiger charge is -2.32. The molecule has 5 atom stereocenters. The maximum atomic E-state index is 11.5. The van der Waals surface area contributed by atoms with E-state index in [1.54, 1.807) is 70.8 Å². The number of Topliss-reactive ketones (excluding diaryl/α,β-unsaturated/α-hetero) is 4. The maximum Gasteiger partial charge on any atom is 0.222 e. The molecule has 0 amide bonds. The van der Waals surface area contributed by atoms with Crippen LogP contribution < -0.4 is 55.3 Å². The normalized spacial score (nSPS) is 13.7. The van der Waals surface area contributed by atoms with Gasteiger partial charge in [-0.2, -0.15) is 24.9 Å². The average molecular weight is 1650 g/mol. The molecule has 0 fully saturated rings. The van der Waals surface area contributed by atoms with Crippen molar-refractivity contribution in [3.8, 4) is 0 Å². The topological polar surface area (TPSA) is 452 Å². The number of aromatic nitrogens is 15. The largest absolute Gasteiger partial charge is 0.368 e. The van der Waals surface area contributed by atoms with Crippen molar-refractivity contribution in [3.63, 3.8) is 0 Å². The van der Waals surface area contributed by atoms with Crippen LogP contribution in [-0.4, -0.2) is 126 Å². The maximum absolute atomic E-state index is 11.5. The number of carbonyl (C=O) groups excluding carboxylic acids is 4. The van der Waals surface area contributed by atoms with Gasteiger partial charge in [-0.15, -0.1) is 0 Å². The summed E-state index contributed by atoms with van der Waals surface area (Å²) in [4.78, 5) is 111. The molecule has 15 N–H and O–H groups in total. The van der Waals surface area contributed by atoms with Gasteiger partial charge in [-0.05, 0) is 181 Å². The molecule has 10 aromatic heterocycles. The fourth-order valence-corrected chi connectivity index (χ4v) is 13.7. The second kappa shape index (κ2) is 46.0. The standard InChI is InChI=1S/C18H26ClN5O.2C18H27N5O.C17H25N5O.C15H22ClN5/c1-4-5-6-8-18(3,9-7-12(2)25)24-16-15-14(22-17(20)23-16)10-13(19)11-21-15;1-5-6-8-18(4,9-7-13(3)24)23-16-15-14(21-17(19)22-16)10-12(2)11-20-15;1-4-5-6-10-18(3,11-9-13(2)24)23-16-15-14(8-7-12-20-15)21-17(19)22-16;1-4-5-9-17(3,10-8-12(2)23)22-15-14-13(7-6-11-19-14)20-16(18)21-15;1-4-6-7-15(3,5-2)21-13-12-11(19-14(17)20-13)8-10(16)9-18-12/h10-11H,4-9H2,1-3H3,(H3,20,22,23,24);10-11H,5-9H2,1-4H3,(H3,19,21,22,23);7-8,12H,4-6,9-11H2,1-3H3,(H3,19,21,22,23);6-7,11H,4-5,8-10H2,1-3H3,(H3,18,20,21,22);8-9H,4-7H2,1-3H3,(H3,17,19,20,21)/t3*18-;17-;15-/m10101/s1. The third-order valence-electron chi connectivity index (χ3n) is 20.6. The average Bonchev–Trinajstić information content (AvgIpc) is 0.788. The highest BCUT2D eigenvalue weighted by atomic mass is 35.5. The van der Waals surface area contributed by atoms with E-state index in [4.69, 9.17) is 51.9 Å². The van der Waals surface area contributed by atoms with Crippen molar-refractivity contribution in [1.29, 1.82) is 0 Å². The van der Waals surface area contributed by atoms with Gasteiger partial charge in [-0.3, -0.25) is 15.0 Å². The minimum absolute atomic E-state index is 0.0367. The van der Waals surface area contributed by atoms with Crippen LogP contribution >= 0.6 is 23.2 Å². The van der Waals surface area contributed by atoms with Crippen LogP contribution in [0, 0.1) is 6.92 Å². The number of ketones is 4. The number of nitrogens with one attached hydrogen (secondary N) is 5. The number of nitrogens with zero attached hydrogens (tertiary/aromatic N) is 15. The minimum Gasteiger partial charge on any atom is -0.368 e. The van der Waals surface area contributed by atoms with Gasteiger partial charge in [-0.1, -0.05) is 142 Å². The Kier molecular flexibility index (Phi) is 37.6. The quantitative estimate of drug-likeness (QED) is 0.0159. The Balaban J connectivity index is 0.000000227. The number of hydrogen-bond donors (Lipinski definition) is 10. The van der Waals surface area contributed by atoms with Gasteiger partial charge < -0.3 is 74.4 Å². The molecule has 634 valence electrons. The monoisotopic (exact) mass is 1640 g/mol. The molecule has 117 heavy (non-hydrogen) atoms. The zero-order valence-corrected chi connectivity index (χ0v) is 73.3. The fraction of sp³-hybridized carbons (Fsp3) is 0.547. The molecule has 31 heteroatoms. The molecule has 10 heterocycles. The van der Waals surface area contributed by atoms with Crippen LogP contribution in [0.3, 0.4) is 0 Å².